The highest BCUT2D eigenvalue weighted by atomic mass is 13.9. The van der Waals surface area contributed by atoms with Crippen molar-refractivity contribution >= 4 is 0 Å². The van der Waals surface area contributed by atoms with E-state index in [9.17, 15) is 0 Å². The first-order chi connectivity index (χ1) is 6.24. The summed E-state index contributed by atoms with van der Waals surface area (Å²) in [5.74, 6) is 0. The van der Waals surface area contributed by atoms with Crippen LogP contribution < -0.4 is 0 Å². The van der Waals surface area contributed by atoms with Crippen molar-refractivity contribution in [1.82, 2.24) is 0 Å². The van der Waals surface area contributed by atoms with Crippen molar-refractivity contribution < 1.29 is 0 Å². The molecule has 0 aliphatic carbocycles. The van der Waals surface area contributed by atoms with E-state index in [1.54, 1.807) is 6.08 Å². The van der Waals surface area contributed by atoms with Crippen LogP contribution in [0.25, 0.3) is 0 Å². The first kappa shape index (κ1) is 11.7. The number of hydrogen-bond acceptors (Lipinski definition) is 0. The van der Waals surface area contributed by atoms with Crippen molar-refractivity contribution in [3.63, 3.8) is 0 Å². The van der Waals surface area contributed by atoms with E-state index >= 15 is 0 Å². The average molecular weight is 174 g/mol. The molecule has 70 valence electrons. The minimum atomic E-state index is 0.957. The maximum absolute atomic E-state index is 3.70. The van der Waals surface area contributed by atoms with Crippen molar-refractivity contribution in [2.45, 2.75) is 20.3 Å². The van der Waals surface area contributed by atoms with Gasteiger partial charge in [-0.05, 0) is 25.8 Å². The summed E-state index contributed by atoms with van der Waals surface area (Å²) in [4.78, 5) is 0. The molecule has 0 bridgehead atoms. The number of hydrogen-bond donors (Lipinski definition) is 0. The third kappa shape index (κ3) is 5.92. The summed E-state index contributed by atoms with van der Waals surface area (Å²) in [6.07, 6.45) is 12.9. The summed E-state index contributed by atoms with van der Waals surface area (Å²) in [5, 5.41) is 0. The molecule has 0 rings (SSSR count). The van der Waals surface area contributed by atoms with E-state index < -0.39 is 0 Å². The molecule has 0 aliphatic heterocycles. The van der Waals surface area contributed by atoms with Crippen molar-refractivity contribution in [2.75, 3.05) is 0 Å². The quantitative estimate of drug-likeness (QED) is 0.548. The lowest BCUT2D eigenvalue weighted by Gasteiger charge is -1.96. The summed E-state index contributed by atoms with van der Waals surface area (Å²) in [6.45, 7) is 11.4. The van der Waals surface area contributed by atoms with Crippen molar-refractivity contribution in [2.24, 2.45) is 0 Å². The van der Waals surface area contributed by atoms with E-state index in [2.05, 4.69) is 38.3 Å². The maximum Gasteiger partial charge on any atom is -0.00950 e. The predicted octanol–water partition coefficient (Wildman–Crippen LogP) is 4.20. The summed E-state index contributed by atoms with van der Waals surface area (Å²) in [7, 11) is 0. The Balaban J connectivity index is 4.23. The fourth-order valence-electron chi connectivity index (χ4n) is 0.836. The van der Waals surface area contributed by atoms with Gasteiger partial charge in [0, 0.05) is 0 Å². The fourth-order valence-corrected chi connectivity index (χ4v) is 0.836. The maximum atomic E-state index is 3.70. The predicted molar refractivity (Wildman–Crippen MR) is 61.7 cm³/mol. The van der Waals surface area contributed by atoms with E-state index in [0.29, 0.717) is 0 Å². The molecule has 0 fully saturated rings. The molecule has 0 atom stereocenters. The minimum absolute atomic E-state index is 0.957. The van der Waals surface area contributed by atoms with Crippen LogP contribution in [0.2, 0.25) is 0 Å². The molecule has 0 spiro atoms. The van der Waals surface area contributed by atoms with E-state index in [4.69, 9.17) is 0 Å². The van der Waals surface area contributed by atoms with Crippen LogP contribution in [0.4, 0.5) is 0 Å². The molecule has 0 unspecified atom stereocenters. The third-order valence-electron chi connectivity index (χ3n) is 1.80. The highest BCUT2D eigenvalue weighted by Crippen LogP contribution is 2.07. The van der Waals surface area contributed by atoms with Gasteiger partial charge in [0.15, 0.2) is 0 Å². The van der Waals surface area contributed by atoms with Gasteiger partial charge in [-0.25, -0.2) is 0 Å². The van der Waals surface area contributed by atoms with Gasteiger partial charge in [-0.2, -0.15) is 0 Å². The zero-order valence-electron chi connectivity index (χ0n) is 8.59. The van der Waals surface area contributed by atoms with Gasteiger partial charge in [0.2, 0.25) is 0 Å². The van der Waals surface area contributed by atoms with Crippen molar-refractivity contribution in [1.29, 1.82) is 0 Å². The second-order valence-electron chi connectivity index (χ2n) is 2.81. The van der Waals surface area contributed by atoms with Crippen LogP contribution in [-0.2, 0) is 0 Å². The van der Waals surface area contributed by atoms with Crippen LogP contribution in [0.1, 0.15) is 20.3 Å². The highest BCUT2D eigenvalue weighted by molar-refractivity contribution is 5.25. The second-order valence-corrected chi connectivity index (χ2v) is 2.81. The molecule has 0 heteroatoms. The monoisotopic (exact) mass is 174 g/mol. The molecule has 13 heavy (non-hydrogen) atoms. The lowest BCUT2D eigenvalue weighted by Crippen LogP contribution is -1.76. The summed E-state index contributed by atoms with van der Waals surface area (Å²) >= 11 is 0. The van der Waals surface area contributed by atoms with Gasteiger partial charge in [0.05, 0.1) is 0 Å². The molecule has 0 aromatic heterocycles. The van der Waals surface area contributed by atoms with Gasteiger partial charge < -0.3 is 0 Å². The van der Waals surface area contributed by atoms with E-state index in [0.717, 1.165) is 6.42 Å². The molecular formula is C13H18. The van der Waals surface area contributed by atoms with E-state index in [1.807, 2.05) is 19.1 Å². The van der Waals surface area contributed by atoms with Crippen LogP contribution in [-0.4, -0.2) is 0 Å². The van der Waals surface area contributed by atoms with Gasteiger partial charge in [0.1, 0.15) is 0 Å². The zero-order chi connectivity index (χ0) is 10.1. The molecule has 0 heterocycles. The van der Waals surface area contributed by atoms with Gasteiger partial charge >= 0.3 is 0 Å². The Morgan fingerprint density at radius 1 is 1.31 bits per heavy atom. The average Bonchev–Trinajstić information content (AvgIpc) is 2.17. The van der Waals surface area contributed by atoms with Crippen LogP contribution in [0.15, 0.2) is 60.8 Å². The first-order valence-corrected chi connectivity index (χ1v) is 4.48. The minimum Gasteiger partial charge on any atom is -0.0991 e. The molecule has 0 aliphatic rings. The molecule has 0 N–H and O–H groups in total. The molecule has 0 aromatic carbocycles. The topological polar surface area (TPSA) is 0 Å². The van der Waals surface area contributed by atoms with Crippen LogP contribution in [0.5, 0.6) is 0 Å². The lowest BCUT2D eigenvalue weighted by molar-refractivity contribution is 1.24. The summed E-state index contributed by atoms with van der Waals surface area (Å²) in [5.41, 5.74) is 2.51. The molecule has 0 aromatic rings. The number of rotatable bonds is 5. The zero-order valence-corrected chi connectivity index (χ0v) is 8.59. The smallest absolute Gasteiger partial charge is 0.00950 e. The van der Waals surface area contributed by atoms with Gasteiger partial charge in [-0.3, -0.25) is 0 Å². The van der Waals surface area contributed by atoms with Crippen LogP contribution >= 0.6 is 0 Å². The van der Waals surface area contributed by atoms with E-state index in [1.165, 1.54) is 11.1 Å². The Labute approximate surface area is 81.7 Å². The van der Waals surface area contributed by atoms with Crippen LogP contribution in [0, 0.1) is 0 Å². The SMILES string of the molecule is C=C/C=C\C(=C/C)C/C=C(/C)C=C. The third-order valence-corrected chi connectivity index (χ3v) is 1.80. The summed E-state index contributed by atoms with van der Waals surface area (Å²) in [6, 6.07) is 0. The van der Waals surface area contributed by atoms with Gasteiger partial charge in [-0.15, -0.1) is 0 Å². The Kier molecular flexibility index (Phi) is 6.62. The molecule has 0 saturated heterocycles. The number of allylic oxidation sites excluding steroid dienone is 8. The normalized spacial score (nSPS) is 13.4. The lowest BCUT2D eigenvalue weighted by atomic mass is 10.1. The summed E-state index contributed by atoms with van der Waals surface area (Å²) < 4.78 is 0. The van der Waals surface area contributed by atoms with Crippen LogP contribution in [0.3, 0.4) is 0 Å². The molecular weight excluding hydrogens is 156 g/mol. The Bertz CT molecular complexity index is 249. The Morgan fingerprint density at radius 2 is 2.00 bits per heavy atom. The highest BCUT2D eigenvalue weighted by Gasteiger charge is 1.87. The standard InChI is InChI=1S/C13H18/c1-5-8-9-13(7-3)11-10-12(4)6-2/h5-10H,1-2,11H2,3-4H3/b9-8-,12-10-,13-7+. The second kappa shape index (κ2) is 7.35. The fraction of sp³-hybridized carbons (Fsp3) is 0.231. The Morgan fingerprint density at radius 3 is 2.46 bits per heavy atom. The molecule has 0 radical (unpaired) electrons. The van der Waals surface area contributed by atoms with Crippen molar-refractivity contribution in [3.05, 3.63) is 60.8 Å². The van der Waals surface area contributed by atoms with Gasteiger partial charge in [0.25, 0.3) is 0 Å². The van der Waals surface area contributed by atoms with Gasteiger partial charge in [-0.1, -0.05) is 55.2 Å². The van der Waals surface area contributed by atoms with E-state index in [-0.39, 0.29) is 0 Å². The molecule has 0 nitrogen and oxygen atoms in total. The Hall–Kier alpha value is -1.30. The van der Waals surface area contributed by atoms with Crippen molar-refractivity contribution in [3.8, 4) is 0 Å². The molecule has 0 saturated carbocycles. The molecule has 0 amide bonds. The largest absolute Gasteiger partial charge is 0.0991 e. The first-order valence-electron chi connectivity index (χ1n) is 4.48.